The Bertz CT molecular complexity index is 307. The zero-order chi connectivity index (χ0) is 16.0. The lowest BCUT2D eigenvalue weighted by Gasteiger charge is -2.45. The molecule has 1 unspecified atom stereocenters. The highest BCUT2D eigenvalue weighted by molar-refractivity contribution is 5.77. The highest BCUT2D eigenvalue weighted by Crippen LogP contribution is 2.50. The predicted octanol–water partition coefficient (Wildman–Crippen LogP) is 4.44. The average Bonchev–Trinajstić information content (AvgIpc) is 2.38. The Morgan fingerprint density at radius 3 is 1.90 bits per heavy atom. The number of hydrogen-bond acceptors (Lipinski definition) is 3. The fourth-order valence-corrected chi connectivity index (χ4v) is 2.44. The molecule has 0 bridgehead atoms. The van der Waals surface area contributed by atoms with Gasteiger partial charge in [0.25, 0.3) is 0 Å². The number of esters is 1. The van der Waals surface area contributed by atoms with Crippen LogP contribution in [0.15, 0.2) is 0 Å². The van der Waals surface area contributed by atoms with Crippen LogP contribution >= 0.6 is 0 Å². The van der Waals surface area contributed by atoms with Crippen molar-refractivity contribution in [3.63, 3.8) is 0 Å². The first-order valence-corrected chi connectivity index (χ1v) is 7.72. The highest BCUT2D eigenvalue weighted by atomic mass is 16.6. The van der Waals surface area contributed by atoms with Crippen molar-refractivity contribution in [2.75, 3.05) is 20.3 Å². The Hall–Kier alpha value is -0.570. The quantitative estimate of drug-likeness (QED) is 0.464. The molecule has 0 aromatic rings. The molecule has 3 heteroatoms. The van der Waals surface area contributed by atoms with Crippen LogP contribution in [-0.2, 0) is 14.3 Å². The summed E-state index contributed by atoms with van der Waals surface area (Å²) in [5.74, 6) is -0.0945. The van der Waals surface area contributed by atoms with Crippen molar-refractivity contribution in [1.29, 1.82) is 0 Å². The van der Waals surface area contributed by atoms with Crippen LogP contribution in [-0.4, -0.2) is 26.3 Å². The maximum absolute atomic E-state index is 12.7. The Morgan fingerprint density at radius 1 is 0.950 bits per heavy atom. The number of carbonyl (C=O) groups is 1. The molecule has 120 valence electrons. The van der Waals surface area contributed by atoms with Gasteiger partial charge in [-0.25, -0.2) is 0 Å². The van der Waals surface area contributed by atoms with Crippen molar-refractivity contribution in [1.82, 2.24) is 0 Å². The first-order chi connectivity index (χ1) is 9.06. The van der Waals surface area contributed by atoms with Crippen molar-refractivity contribution in [2.24, 2.45) is 16.2 Å². The van der Waals surface area contributed by atoms with Gasteiger partial charge in [0.05, 0.1) is 12.0 Å². The van der Waals surface area contributed by atoms with Gasteiger partial charge in [-0.3, -0.25) is 4.79 Å². The lowest BCUT2D eigenvalue weighted by Crippen LogP contribution is -2.46. The predicted molar refractivity (Wildman–Crippen MR) is 83.7 cm³/mol. The fraction of sp³-hybridized carbons (Fsp3) is 0.941. The summed E-state index contributed by atoms with van der Waals surface area (Å²) in [5.41, 5.74) is -0.444. The largest absolute Gasteiger partial charge is 0.463 e. The van der Waals surface area contributed by atoms with Crippen LogP contribution in [0.3, 0.4) is 0 Å². The van der Waals surface area contributed by atoms with Crippen LogP contribution in [0.4, 0.5) is 0 Å². The second-order valence-electron chi connectivity index (χ2n) is 7.39. The van der Waals surface area contributed by atoms with Crippen molar-refractivity contribution >= 4 is 5.97 Å². The number of methoxy groups -OCH3 is 1. The van der Waals surface area contributed by atoms with Crippen molar-refractivity contribution in [3.05, 3.63) is 0 Å². The van der Waals surface area contributed by atoms with Crippen LogP contribution in [0.5, 0.6) is 0 Å². The molecule has 0 amide bonds. The molecule has 0 saturated heterocycles. The Morgan fingerprint density at radius 2 is 1.50 bits per heavy atom. The van der Waals surface area contributed by atoms with Crippen molar-refractivity contribution in [2.45, 2.75) is 67.7 Å². The van der Waals surface area contributed by atoms with E-state index < -0.39 is 5.41 Å². The first kappa shape index (κ1) is 19.4. The molecule has 0 rings (SSSR count). The average molecular weight is 286 g/mol. The zero-order valence-corrected chi connectivity index (χ0v) is 14.8. The maximum atomic E-state index is 12.7. The molecule has 1 atom stereocenters. The smallest absolute Gasteiger partial charge is 0.312 e. The Balaban J connectivity index is 5.21. The topological polar surface area (TPSA) is 35.5 Å². The van der Waals surface area contributed by atoms with E-state index in [2.05, 4.69) is 48.5 Å². The second kappa shape index (κ2) is 7.44. The lowest BCUT2D eigenvalue weighted by atomic mass is 9.58. The van der Waals surface area contributed by atoms with E-state index in [0.717, 1.165) is 19.3 Å². The Kier molecular flexibility index (Phi) is 7.23. The normalized spacial score (nSPS) is 15.8. The summed E-state index contributed by atoms with van der Waals surface area (Å²) in [5, 5.41) is 0. The van der Waals surface area contributed by atoms with E-state index >= 15 is 0 Å². The van der Waals surface area contributed by atoms with E-state index in [9.17, 15) is 4.79 Å². The standard InChI is InChI=1S/C17H34O3/c1-9-15(3,4)13-17(7,16(5,6)10-2)14(18)20-12-11-19-8/h9-13H2,1-8H3. The van der Waals surface area contributed by atoms with E-state index in [-0.39, 0.29) is 16.8 Å². The molecule has 0 aliphatic rings. The molecule has 0 fully saturated rings. The second-order valence-corrected chi connectivity index (χ2v) is 7.39. The molecule has 0 N–H and O–H groups in total. The summed E-state index contributed by atoms with van der Waals surface area (Å²) in [4.78, 5) is 12.7. The number of hydrogen-bond donors (Lipinski definition) is 0. The van der Waals surface area contributed by atoms with Crippen molar-refractivity contribution < 1.29 is 14.3 Å². The van der Waals surface area contributed by atoms with Crippen molar-refractivity contribution in [3.8, 4) is 0 Å². The van der Waals surface area contributed by atoms with E-state index in [1.54, 1.807) is 7.11 Å². The molecule has 0 radical (unpaired) electrons. The zero-order valence-electron chi connectivity index (χ0n) is 14.8. The van der Waals surface area contributed by atoms with Gasteiger partial charge in [0.1, 0.15) is 6.61 Å². The van der Waals surface area contributed by atoms with Gasteiger partial charge in [-0.05, 0) is 30.6 Å². The van der Waals surface area contributed by atoms with Gasteiger partial charge < -0.3 is 9.47 Å². The van der Waals surface area contributed by atoms with E-state index in [1.165, 1.54) is 0 Å². The highest BCUT2D eigenvalue weighted by Gasteiger charge is 2.49. The first-order valence-electron chi connectivity index (χ1n) is 7.72. The van der Waals surface area contributed by atoms with Crippen LogP contribution in [0, 0.1) is 16.2 Å². The molecule has 0 aromatic heterocycles. The SMILES string of the molecule is CCC(C)(C)CC(C)(C(=O)OCCOC)C(C)(C)CC. The minimum absolute atomic E-state index is 0.0937. The van der Waals surface area contributed by atoms with Crippen LogP contribution in [0.1, 0.15) is 67.7 Å². The van der Waals surface area contributed by atoms with Gasteiger partial charge in [0.2, 0.25) is 0 Å². The van der Waals surface area contributed by atoms with E-state index in [0.29, 0.717) is 13.2 Å². The summed E-state index contributed by atoms with van der Waals surface area (Å²) in [6.45, 7) is 15.9. The minimum Gasteiger partial charge on any atom is -0.463 e. The number of carbonyl (C=O) groups excluding carboxylic acids is 1. The molecule has 0 spiro atoms. The third-order valence-corrected chi connectivity index (χ3v) is 5.14. The lowest BCUT2D eigenvalue weighted by molar-refractivity contribution is -0.167. The van der Waals surface area contributed by atoms with Gasteiger partial charge >= 0.3 is 5.97 Å². The summed E-state index contributed by atoms with van der Waals surface area (Å²) in [6.07, 6.45) is 2.83. The number of rotatable bonds is 9. The molecule has 0 heterocycles. The molecule has 0 aliphatic carbocycles. The van der Waals surface area contributed by atoms with Crippen LogP contribution < -0.4 is 0 Å². The molecule has 3 nitrogen and oxygen atoms in total. The minimum atomic E-state index is -0.477. The molecular formula is C17H34O3. The van der Waals surface area contributed by atoms with Gasteiger partial charge in [0.15, 0.2) is 0 Å². The number of ether oxygens (including phenoxy) is 2. The van der Waals surface area contributed by atoms with E-state index in [1.807, 2.05) is 0 Å². The fourth-order valence-electron chi connectivity index (χ4n) is 2.44. The van der Waals surface area contributed by atoms with Gasteiger partial charge in [-0.1, -0.05) is 48.0 Å². The maximum Gasteiger partial charge on any atom is 0.312 e. The molecular weight excluding hydrogens is 252 g/mol. The molecule has 0 aromatic carbocycles. The summed E-state index contributed by atoms with van der Waals surface area (Å²) in [7, 11) is 1.61. The molecule has 0 saturated carbocycles. The third kappa shape index (κ3) is 4.76. The third-order valence-electron chi connectivity index (χ3n) is 5.14. The van der Waals surface area contributed by atoms with Gasteiger partial charge in [0, 0.05) is 7.11 Å². The van der Waals surface area contributed by atoms with Crippen LogP contribution in [0.25, 0.3) is 0 Å². The van der Waals surface area contributed by atoms with Gasteiger partial charge in [-0.2, -0.15) is 0 Å². The summed E-state index contributed by atoms with van der Waals surface area (Å²) >= 11 is 0. The molecule has 0 aliphatic heterocycles. The molecule has 20 heavy (non-hydrogen) atoms. The monoisotopic (exact) mass is 286 g/mol. The Labute approximate surface area is 125 Å². The van der Waals surface area contributed by atoms with Crippen LogP contribution in [0.2, 0.25) is 0 Å². The summed E-state index contributed by atoms with van der Waals surface area (Å²) < 4.78 is 10.4. The van der Waals surface area contributed by atoms with E-state index in [4.69, 9.17) is 9.47 Å². The summed E-state index contributed by atoms with van der Waals surface area (Å²) in [6, 6.07) is 0. The van der Waals surface area contributed by atoms with Gasteiger partial charge in [-0.15, -0.1) is 0 Å².